The van der Waals surface area contributed by atoms with Crippen LogP contribution in [0.15, 0.2) is 22.8 Å². The summed E-state index contributed by atoms with van der Waals surface area (Å²) in [5.74, 6) is 2.04. The molecule has 0 amide bonds. The number of halogens is 1. The number of hydrogen-bond donors (Lipinski definition) is 1. The number of rotatable bonds is 4. The predicted molar refractivity (Wildman–Crippen MR) is 78.5 cm³/mol. The van der Waals surface area contributed by atoms with Crippen LogP contribution in [0, 0.1) is 0 Å². The largest absolute Gasteiger partial charge is 0.495 e. The van der Waals surface area contributed by atoms with E-state index in [4.69, 9.17) is 15.2 Å². The first kappa shape index (κ1) is 13.7. The highest BCUT2D eigenvalue weighted by molar-refractivity contribution is 9.10. The summed E-state index contributed by atoms with van der Waals surface area (Å²) >= 11 is 3.47. The Morgan fingerprint density at radius 2 is 2.05 bits per heavy atom. The zero-order valence-electron chi connectivity index (χ0n) is 11.1. The zero-order valence-corrected chi connectivity index (χ0v) is 12.7. The Bertz CT molecular complexity index is 596. The number of hydrogen-bond acceptors (Lipinski definition) is 4. The molecule has 0 atom stereocenters. The molecule has 0 fully saturated rings. The van der Waals surface area contributed by atoms with Crippen LogP contribution in [0.2, 0.25) is 0 Å². The van der Waals surface area contributed by atoms with Gasteiger partial charge in [-0.1, -0.05) is 0 Å². The van der Waals surface area contributed by atoms with Crippen molar-refractivity contribution in [3.63, 3.8) is 0 Å². The molecule has 1 heterocycles. The van der Waals surface area contributed by atoms with Gasteiger partial charge in [0, 0.05) is 24.2 Å². The van der Waals surface area contributed by atoms with Gasteiger partial charge >= 0.3 is 0 Å². The van der Waals surface area contributed by atoms with E-state index in [1.165, 1.54) is 0 Å². The number of nitrogen functional groups attached to an aromatic ring is 1. The molecule has 5 nitrogen and oxygen atoms in total. The number of aromatic nitrogens is 2. The molecule has 2 aromatic rings. The summed E-state index contributed by atoms with van der Waals surface area (Å²) < 4.78 is 13.4. The number of nitrogens with two attached hydrogens (primary N) is 1. The smallest absolute Gasteiger partial charge is 0.136 e. The molecule has 0 unspecified atom stereocenters. The minimum atomic E-state index is 0.567. The van der Waals surface area contributed by atoms with Crippen molar-refractivity contribution < 1.29 is 9.47 Å². The summed E-state index contributed by atoms with van der Waals surface area (Å²) in [6.07, 6.45) is 1.73. The molecule has 0 saturated heterocycles. The molecule has 2 rings (SSSR count). The highest BCUT2D eigenvalue weighted by Gasteiger charge is 2.16. The van der Waals surface area contributed by atoms with E-state index < -0.39 is 0 Å². The van der Waals surface area contributed by atoms with Crippen molar-refractivity contribution in [2.24, 2.45) is 7.05 Å². The van der Waals surface area contributed by atoms with Crippen LogP contribution >= 0.6 is 15.9 Å². The fraction of sp³-hybridized carbons (Fsp3) is 0.308. The van der Waals surface area contributed by atoms with Gasteiger partial charge in [-0.05, 0) is 28.9 Å². The van der Waals surface area contributed by atoms with Crippen LogP contribution in [0.25, 0.3) is 11.1 Å². The normalized spacial score (nSPS) is 10.5. The molecule has 1 aromatic carbocycles. The van der Waals surface area contributed by atoms with Gasteiger partial charge in [0.2, 0.25) is 0 Å². The van der Waals surface area contributed by atoms with Crippen molar-refractivity contribution in [1.29, 1.82) is 0 Å². The highest BCUT2D eigenvalue weighted by Crippen LogP contribution is 2.40. The average Bonchev–Trinajstić information content (AvgIpc) is 2.72. The number of benzene rings is 1. The van der Waals surface area contributed by atoms with E-state index in [0.29, 0.717) is 12.4 Å². The van der Waals surface area contributed by atoms with Crippen LogP contribution in [-0.2, 0) is 7.05 Å². The third-order valence-electron chi connectivity index (χ3n) is 2.83. The molecular formula is C13H16BrN3O2. The number of anilines is 1. The summed E-state index contributed by atoms with van der Waals surface area (Å²) in [4.78, 5) is 0. The van der Waals surface area contributed by atoms with E-state index in [1.54, 1.807) is 25.0 Å². The van der Waals surface area contributed by atoms with Crippen molar-refractivity contribution >= 4 is 21.7 Å². The summed E-state index contributed by atoms with van der Waals surface area (Å²) in [5.41, 5.74) is 7.75. The topological polar surface area (TPSA) is 62.3 Å². The molecule has 0 radical (unpaired) electrons. The standard InChI is InChI=1S/C13H16BrN3O2/c1-4-19-11-6-12(18-3)10(14)5-8(11)9-7-16-17(2)13(9)15/h5-7H,4,15H2,1-3H3. The van der Waals surface area contributed by atoms with E-state index in [9.17, 15) is 0 Å². The fourth-order valence-electron chi connectivity index (χ4n) is 1.83. The SMILES string of the molecule is CCOc1cc(OC)c(Br)cc1-c1cnn(C)c1N. The van der Waals surface area contributed by atoms with Crippen molar-refractivity contribution in [1.82, 2.24) is 9.78 Å². The van der Waals surface area contributed by atoms with E-state index in [2.05, 4.69) is 21.0 Å². The van der Waals surface area contributed by atoms with Gasteiger partial charge in [-0.3, -0.25) is 4.68 Å². The Kier molecular flexibility index (Phi) is 3.99. The summed E-state index contributed by atoms with van der Waals surface area (Å²) in [6.45, 7) is 2.50. The maximum atomic E-state index is 6.02. The van der Waals surface area contributed by atoms with Gasteiger partial charge in [-0.15, -0.1) is 0 Å². The van der Waals surface area contributed by atoms with Crippen LogP contribution in [0.5, 0.6) is 11.5 Å². The second kappa shape index (κ2) is 5.52. The Hall–Kier alpha value is -1.69. The maximum Gasteiger partial charge on any atom is 0.136 e. The zero-order chi connectivity index (χ0) is 14.0. The van der Waals surface area contributed by atoms with Crippen LogP contribution in [0.3, 0.4) is 0 Å². The molecule has 0 bridgehead atoms. The molecule has 19 heavy (non-hydrogen) atoms. The Morgan fingerprint density at radius 3 is 2.58 bits per heavy atom. The molecule has 0 aliphatic carbocycles. The van der Waals surface area contributed by atoms with Crippen LogP contribution in [-0.4, -0.2) is 23.5 Å². The lowest BCUT2D eigenvalue weighted by Gasteiger charge is -2.13. The molecule has 1 aromatic heterocycles. The molecule has 0 spiro atoms. The van der Waals surface area contributed by atoms with Crippen molar-refractivity contribution in [3.05, 3.63) is 22.8 Å². The van der Waals surface area contributed by atoms with Gasteiger partial charge in [0.05, 0.1) is 24.4 Å². The Labute approximate surface area is 120 Å². The number of aryl methyl sites for hydroxylation is 1. The molecule has 102 valence electrons. The molecular weight excluding hydrogens is 310 g/mol. The van der Waals surface area contributed by atoms with E-state index in [1.807, 2.05) is 19.1 Å². The van der Waals surface area contributed by atoms with Crippen molar-refractivity contribution in [2.75, 3.05) is 19.5 Å². The van der Waals surface area contributed by atoms with Gasteiger partial charge in [0.1, 0.15) is 17.3 Å². The van der Waals surface area contributed by atoms with E-state index in [-0.39, 0.29) is 0 Å². The van der Waals surface area contributed by atoms with Crippen LogP contribution in [0.4, 0.5) is 5.82 Å². The maximum absolute atomic E-state index is 6.02. The predicted octanol–water partition coefficient (Wildman–Crippen LogP) is 2.84. The minimum absolute atomic E-state index is 0.567. The van der Waals surface area contributed by atoms with Crippen LogP contribution in [0.1, 0.15) is 6.92 Å². The number of methoxy groups -OCH3 is 1. The lowest BCUT2D eigenvalue weighted by molar-refractivity contribution is 0.337. The van der Waals surface area contributed by atoms with Crippen molar-refractivity contribution in [3.8, 4) is 22.6 Å². The van der Waals surface area contributed by atoms with E-state index >= 15 is 0 Å². The number of nitrogens with zero attached hydrogens (tertiary/aromatic N) is 2. The lowest BCUT2D eigenvalue weighted by Crippen LogP contribution is -2.00. The molecule has 0 saturated carbocycles. The average molecular weight is 326 g/mol. The first-order valence-electron chi connectivity index (χ1n) is 5.86. The fourth-order valence-corrected chi connectivity index (χ4v) is 2.34. The third-order valence-corrected chi connectivity index (χ3v) is 3.45. The highest BCUT2D eigenvalue weighted by atomic mass is 79.9. The Balaban J connectivity index is 2.61. The summed E-state index contributed by atoms with van der Waals surface area (Å²) in [7, 11) is 3.42. The summed E-state index contributed by atoms with van der Waals surface area (Å²) in [5, 5.41) is 4.16. The molecule has 2 N–H and O–H groups in total. The second-order valence-electron chi connectivity index (χ2n) is 3.98. The van der Waals surface area contributed by atoms with E-state index in [0.717, 1.165) is 27.1 Å². The van der Waals surface area contributed by atoms with Gasteiger partial charge in [0.15, 0.2) is 0 Å². The third kappa shape index (κ3) is 2.53. The number of ether oxygens (including phenoxy) is 2. The first-order chi connectivity index (χ1) is 9.08. The second-order valence-corrected chi connectivity index (χ2v) is 4.84. The van der Waals surface area contributed by atoms with Gasteiger partial charge in [-0.25, -0.2) is 0 Å². The first-order valence-corrected chi connectivity index (χ1v) is 6.66. The van der Waals surface area contributed by atoms with Crippen LogP contribution < -0.4 is 15.2 Å². The quantitative estimate of drug-likeness (QED) is 0.938. The molecule has 6 heteroatoms. The van der Waals surface area contributed by atoms with Crippen molar-refractivity contribution in [2.45, 2.75) is 6.92 Å². The van der Waals surface area contributed by atoms with Gasteiger partial charge < -0.3 is 15.2 Å². The lowest BCUT2D eigenvalue weighted by atomic mass is 10.1. The van der Waals surface area contributed by atoms with Gasteiger partial charge in [-0.2, -0.15) is 5.10 Å². The molecule has 0 aliphatic rings. The minimum Gasteiger partial charge on any atom is -0.495 e. The summed E-state index contributed by atoms with van der Waals surface area (Å²) in [6, 6.07) is 3.77. The molecule has 0 aliphatic heterocycles. The van der Waals surface area contributed by atoms with Gasteiger partial charge in [0.25, 0.3) is 0 Å². The Morgan fingerprint density at radius 1 is 1.32 bits per heavy atom. The monoisotopic (exact) mass is 325 g/mol.